The zero-order valence-electron chi connectivity index (χ0n) is 12.2. The van der Waals surface area contributed by atoms with E-state index in [1.807, 2.05) is 17.8 Å². The Kier molecular flexibility index (Phi) is 5.68. The van der Waals surface area contributed by atoms with E-state index in [0.717, 1.165) is 25.3 Å². The highest BCUT2D eigenvalue weighted by molar-refractivity contribution is 8.00. The van der Waals surface area contributed by atoms with Gasteiger partial charge in [0.15, 0.2) is 9.84 Å². The lowest BCUT2D eigenvalue weighted by molar-refractivity contribution is 0.297. The van der Waals surface area contributed by atoms with Crippen molar-refractivity contribution < 1.29 is 8.42 Å². The van der Waals surface area contributed by atoms with E-state index in [9.17, 15) is 8.42 Å². The van der Waals surface area contributed by atoms with Crippen LogP contribution in [0.2, 0.25) is 0 Å². The number of benzene rings is 1. The Hall–Kier alpha value is -1.03. The Balaban J connectivity index is 1.96. The minimum absolute atomic E-state index is 0.139. The van der Waals surface area contributed by atoms with E-state index in [1.165, 1.54) is 12.1 Å². The minimum Gasteiger partial charge on any atom is -0.300 e. The fraction of sp³-hybridized carbons (Fsp3) is 0.533. The summed E-state index contributed by atoms with van der Waals surface area (Å²) in [4.78, 5) is 2.55. The van der Waals surface area contributed by atoms with Crippen molar-refractivity contribution >= 4 is 21.6 Å². The van der Waals surface area contributed by atoms with Gasteiger partial charge in [0.2, 0.25) is 0 Å². The van der Waals surface area contributed by atoms with Crippen molar-refractivity contribution in [1.29, 1.82) is 5.26 Å². The van der Waals surface area contributed by atoms with Crippen LogP contribution in [0.1, 0.15) is 18.9 Å². The lowest BCUT2D eigenvalue weighted by Crippen LogP contribution is -2.40. The Morgan fingerprint density at radius 2 is 2.10 bits per heavy atom. The van der Waals surface area contributed by atoms with Gasteiger partial charge >= 0.3 is 0 Å². The molecule has 0 aromatic heterocycles. The van der Waals surface area contributed by atoms with E-state index in [-0.39, 0.29) is 5.75 Å². The molecule has 6 heteroatoms. The van der Waals surface area contributed by atoms with Crippen molar-refractivity contribution in [1.82, 2.24) is 4.90 Å². The van der Waals surface area contributed by atoms with Gasteiger partial charge in [0.25, 0.3) is 0 Å². The van der Waals surface area contributed by atoms with Crippen molar-refractivity contribution in [3.8, 4) is 6.07 Å². The number of hydrogen-bond acceptors (Lipinski definition) is 5. The van der Waals surface area contributed by atoms with Gasteiger partial charge in [0.1, 0.15) is 0 Å². The molecule has 114 valence electrons. The lowest BCUT2D eigenvalue weighted by Gasteiger charge is -2.31. The van der Waals surface area contributed by atoms with Gasteiger partial charge in [0, 0.05) is 30.6 Å². The fourth-order valence-corrected chi connectivity index (χ4v) is 4.87. The third-order valence-electron chi connectivity index (χ3n) is 3.70. The average Bonchev–Trinajstić information content (AvgIpc) is 2.53. The number of rotatable bonds is 5. The number of nitriles is 1. The van der Waals surface area contributed by atoms with Gasteiger partial charge in [-0.25, -0.2) is 8.42 Å². The van der Waals surface area contributed by atoms with E-state index in [2.05, 4.69) is 11.8 Å². The first kappa shape index (κ1) is 16.3. The molecule has 0 aliphatic carbocycles. The molecule has 0 radical (unpaired) electrons. The number of thioether (sulfide) groups is 1. The molecular weight excluding hydrogens is 304 g/mol. The molecule has 0 amide bonds. The predicted molar refractivity (Wildman–Crippen MR) is 86.2 cm³/mol. The van der Waals surface area contributed by atoms with Gasteiger partial charge < -0.3 is 4.90 Å². The third kappa shape index (κ3) is 4.47. The second-order valence-electron chi connectivity index (χ2n) is 5.16. The molecule has 1 aliphatic rings. The monoisotopic (exact) mass is 324 g/mol. The summed E-state index contributed by atoms with van der Waals surface area (Å²) >= 11 is 1.98. The van der Waals surface area contributed by atoms with Crippen LogP contribution >= 0.6 is 11.8 Å². The normalized spacial score (nSPS) is 20.1. The van der Waals surface area contributed by atoms with Crippen molar-refractivity contribution in [2.75, 3.05) is 31.1 Å². The van der Waals surface area contributed by atoms with E-state index >= 15 is 0 Å². The first-order chi connectivity index (χ1) is 10.0. The van der Waals surface area contributed by atoms with E-state index in [1.54, 1.807) is 12.1 Å². The standard InChI is InChI=1S/C15H20N2O2S2/c1-2-14-12-17(7-9-20-14)8-10-21(18,19)15-5-3-13(11-16)4-6-15/h3-6,14H,2,7-10,12H2,1H3/t14-/m1/s1. The third-order valence-corrected chi connectivity index (χ3v) is 6.78. The summed E-state index contributed by atoms with van der Waals surface area (Å²) in [5, 5.41) is 9.37. The van der Waals surface area contributed by atoms with Crippen LogP contribution in [0, 0.1) is 11.3 Å². The Bertz CT molecular complexity index is 606. The molecule has 1 aromatic rings. The highest BCUT2D eigenvalue weighted by atomic mass is 32.2. The maximum absolute atomic E-state index is 12.3. The average molecular weight is 324 g/mol. The summed E-state index contributed by atoms with van der Waals surface area (Å²) in [6, 6.07) is 8.15. The lowest BCUT2D eigenvalue weighted by atomic mass is 10.2. The molecule has 1 atom stereocenters. The number of sulfone groups is 1. The fourth-order valence-electron chi connectivity index (χ4n) is 2.33. The molecule has 0 bridgehead atoms. The molecule has 1 aliphatic heterocycles. The number of nitrogens with zero attached hydrogens (tertiary/aromatic N) is 2. The smallest absolute Gasteiger partial charge is 0.179 e. The van der Waals surface area contributed by atoms with Gasteiger partial charge in [-0.15, -0.1) is 0 Å². The second kappa shape index (κ2) is 7.30. The van der Waals surface area contributed by atoms with Crippen LogP contribution < -0.4 is 0 Å². The van der Waals surface area contributed by atoms with Gasteiger partial charge in [-0.2, -0.15) is 17.0 Å². The molecular formula is C15H20N2O2S2. The van der Waals surface area contributed by atoms with Crippen LogP contribution in [-0.4, -0.2) is 49.7 Å². The quantitative estimate of drug-likeness (QED) is 0.830. The topological polar surface area (TPSA) is 61.2 Å². The molecule has 4 nitrogen and oxygen atoms in total. The predicted octanol–water partition coefficient (Wildman–Crippen LogP) is 2.16. The van der Waals surface area contributed by atoms with Gasteiger partial charge in [0.05, 0.1) is 22.3 Å². The van der Waals surface area contributed by atoms with Crippen LogP contribution in [0.15, 0.2) is 29.2 Å². The molecule has 0 unspecified atom stereocenters. The first-order valence-electron chi connectivity index (χ1n) is 7.12. The van der Waals surface area contributed by atoms with E-state index < -0.39 is 9.84 Å². The van der Waals surface area contributed by atoms with Gasteiger partial charge in [-0.05, 0) is 30.7 Å². The SMILES string of the molecule is CC[C@@H]1CN(CCS(=O)(=O)c2ccc(C#N)cc2)CCS1. The van der Waals surface area contributed by atoms with Crippen LogP contribution in [0.5, 0.6) is 0 Å². The molecule has 0 N–H and O–H groups in total. The zero-order valence-corrected chi connectivity index (χ0v) is 13.8. The Labute approximate surface area is 131 Å². The highest BCUT2D eigenvalue weighted by Gasteiger charge is 2.21. The summed E-state index contributed by atoms with van der Waals surface area (Å²) in [7, 11) is -3.27. The molecule has 2 rings (SSSR count). The van der Waals surface area contributed by atoms with Crippen molar-refractivity contribution in [2.45, 2.75) is 23.5 Å². The maximum Gasteiger partial charge on any atom is 0.179 e. The zero-order chi connectivity index (χ0) is 15.3. The van der Waals surface area contributed by atoms with Gasteiger partial charge in [-0.3, -0.25) is 0 Å². The highest BCUT2D eigenvalue weighted by Crippen LogP contribution is 2.21. The summed E-state index contributed by atoms with van der Waals surface area (Å²) in [5.41, 5.74) is 0.479. The van der Waals surface area contributed by atoms with Gasteiger partial charge in [-0.1, -0.05) is 6.92 Å². The molecule has 1 saturated heterocycles. The Morgan fingerprint density at radius 3 is 2.71 bits per heavy atom. The largest absolute Gasteiger partial charge is 0.300 e. The summed E-state index contributed by atoms with van der Waals surface area (Å²) in [5.74, 6) is 1.22. The Morgan fingerprint density at radius 1 is 1.38 bits per heavy atom. The van der Waals surface area contributed by atoms with Crippen molar-refractivity contribution in [3.05, 3.63) is 29.8 Å². The number of hydrogen-bond donors (Lipinski definition) is 0. The molecule has 0 saturated carbocycles. The summed E-state index contributed by atoms with van der Waals surface area (Å²) < 4.78 is 24.6. The maximum atomic E-state index is 12.3. The molecule has 1 aromatic carbocycles. The molecule has 0 spiro atoms. The second-order valence-corrected chi connectivity index (χ2v) is 8.67. The summed E-state index contributed by atoms with van der Waals surface area (Å²) in [6.07, 6.45) is 1.13. The van der Waals surface area contributed by atoms with Crippen molar-refractivity contribution in [3.63, 3.8) is 0 Å². The molecule has 1 heterocycles. The first-order valence-corrected chi connectivity index (χ1v) is 9.82. The summed E-state index contributed by atoms with van der Waals surface area (Å²) in [6.45, 7) is 4.70. The van der Waals surface area contributed by atoms with Crippen molar-refractivity contribution in [2.24, 2.45) is 0 Å². The molecule has 1 fully saturated rings. The van der Waals surface area contributed by atoms with E-state index in [4.69, 9.17) is 5.26 Å². The van der Waals surface area contributed by atoms with E-state index in [0.29, 0.717) is 22.3 Å². The van der Waals surface area contributed by atoms with Crippen LogP contribution in [0.4, 0.5) is 0 Å². The minimum atomic E-state index is -3.27. The molecule has 21 heavy (non-hydrogen) atoms. The van der Waals surface area contributed by atoms with Crippen LogP contribution in [-0.2, 0) is 9.84 Å². The van der Waals surface area contributed by atoms with Crippen LogP contribution in [0.3, 0.4) is 0 Å². The van der Waals surface area contributed by atoms with Crippen LogP contribution in [0.25, 0.3) is 0 Å².